The summed E-state index contributed by atoms with van der Waals surface area (Å²) >= 11 is 0. The average Bonchev–Trinajstić information content (AvgIpc) is 2.84. The van der Waals surface area contributed by atoms with Crippen molar-refractivity contribution in [2.45, 2.75) is 46.6 Å². The van der Waals surface area contributed by atoms with Crippen LogP contribution in [0.1, 0.15) is 49.8 Å². The monoisotopic (exact) mass is 331 g/mol. The molecule has 130 valence electrons. The Morgan fingerprint density at radius 1 is 1.33 bits per heavy atom. The number of aromatic carboxylic acids is 1. The molecule has 0 fully saturated rings. The number of hydrogen-bond donors (Lipinski definition) is 2. The molecule has 0 aliphatic heterocycles. The van der Waals surface area contributed by atoms with Gasteiger partial charge in [-0.2, -0.15) is 0 Å². The summed E-state index contributed by atoms with van der Waals surface area (Å²) in [6.07, 6.45) is 1.99. The minimum atomic E-state index is -0.955. The standard InChI is InChI=1S/C18H25N3O3/c1-4-5-17(22)19-9-8-16-20-14-10-13(18(23)24)6-7-15(14)21(16)11-12(2)3/h6-7,10,12H,4-5,8-9,11H2,1-3H3,(H,19,22)(H,23,24). The van der Waals surface area contributed by atoms with E-state index in [2.05, 4.69) is 28.7 Å². The maximum atomic E-state index is 11.6. The van der Waals surface area contributed by atoms with Crippen molar-refractivity contribution in [3.63, 3.8) is 0 Å². The minimum Gasteiger partial charge on any atom is -0.478 e. The number of carboxylic acids is 1. The molecular formula is C18H25N3O3. The molecular weight excluding hydrogens is 306 g/mol. The molecule has 0 unspecified atom stereocenters. The molecule has 6 nitrogen and oxygen atoms in total. The third-order valence-electron chi connectivity index (χ3n) is 3.77. The quantitative estimate of drug-likeness (QED) is 0.779. The molecule has 1 heterocycles. The number of benzene rings is 1. The zero-order valence-corrected chi connectivity index (χ0v) is 14.5. The van der Waals surface area contributed by atoms with E-state index >= 15 is 0 Å². The SMILES string of the molecule is CCCC(=O)NCCc1nc2cc(C(=O)O)ccc2n1CC(C)C. The Labute approximate surface area is 141 Å². The van der Waals surface area contributed by atoms with E-state index in [-0.39, 0.29) is 11.5 Å². The first-order valence-corrected chi connectivity index (χ1v) is 8.41. The maximum Gasteiger partial charge on any atom is 0.335 e. The predicted octanol–water partition coefficient (Wildman–Crippen LogP) is 2.85. The molecule has 0 atom stereocenters. The summed E-state index contributed by atoms with van der Waals surface area (Å²) in [6.45, 7) is 7.57. The summed E-state index contributed by atoms with van der Waals surface area (Å²) < 4.78 is 2.12. The third kappa shape index (κ3) is 4.34. The summed E-state index contributed by atoms with van der Waals surface area (Å²) in [6, 6.07) is 5.02. The van der Waals surface area contributed by atoms with Crippen LogP contribution in [0.2, 0.25) is 0 Å². The highest BCUT2D eigenvalue weighted by atomic mass is 16.4. The van der Waals surface area contributed by atoms with E-state index in [1.807, 2.05) is 13.0 Å². The Morgan fingerprint density at radius 3 is 2.71 bits per heavy atom. The Morgan fingerprint density at radius 2 is 2.08 bits per heavy atom. The fourth-order valence-corrected chi connectivity index (χ4v) is 2.70. The Bertz CT molecular complexity index is 734. The lowest BCUT2D eigenvalue weighted by atomic mass is 10.2. The number of carbonyl (C=O) groups excluding carboxylic acids is 1. The second kappa shape index (κ2) is 7.95. The van der Waals surface area contributed by atoms with Crippen molar-refractivity contribution in [3.05, 3.63) is 29.6 Å². The van der Waals surface area contributed by atoms with Gasteiger partial charge in [-0.15, -0.1) is 0 Å². The Hall–Kier alpha value is -2.37. The Balaban J connectivity index is 2.25. The van der Waals surface area contributed by atoms with Gasteiger partial charge in [0, 0.05) is 25.9 Å². The molecule has 24 heavy (non-hydrogen) atoms. The number of amides is 1. The van der Waals surface area contributed by atoms with Crippen LogP contribution in [-0.4, -0.2) is 33.1 Å². The number of fused-ring (bicyclic) bond motifs is 1. The van der Waals surface area contributed by atoms with Crippen molar-refractivity contribution in [1.82, 2.24) is 14.9 Å². The van der Waals surface area contributed by atoms with Gasteiger partial charge in [0.1, 0.15) is 5.82 Å². The van der Waals surface area contributed by atoms with Crippen LogP contribution in [0.25, 0.3) is 11.0 Å². The number of carboxylic acid groups (broad SMARTS) is 1. The van der Waals surface area contributed by atoms with E-state index in [1.165, 1.54) is 0 Å². The van der Waals surface area contributed by atoms with Gasteiger partial charge in [0.15, 0.2) is 0 Å². The number of aromatic nitrogens is 2. The summed E-state index contributed by atoms with van der Waals surface area (Å²) in [5.41, 5.74) is 1.86. The zero-order valence-electron chi connectivity index (χ0n) is 14.5. The van der Waals surface area contributed by atoms with Crippen LogP contribution in [0, 0.1) is 5.92 Å². The number of carbonyl (C=O) groups is 2. The van der Waals surface area contributed by atoms with Gasteiger partial charge in [-0.05, 0) is 30.5 Å². The number of nitrogens with one attached hydrogen (secondary N) is 1. The molecule has 2 N–H and O–H groups in total. The highest BCUT2D eigenvalue weighted by molar-refractivity contribution is 5.92. The molecule has 1 aromatic carbocycles. The van der Waals surface area contributed by atoms with Crippen molar-refractivity contribution in [2.75, 3.05) is 6.54 Å². The van der Waals surface area contributed by atoms with E-state index in [9.17, 15) is 9.59 Å². The molecule has 2 aromatic rings. The molecule has 6 heteroatoms. The third-order valence-corrected chi connectivity index (χ3v) is 3.77. The normalized spacial score (nSPS) is 11.2. The van der Waals surface area contributed by atoms with Gasteiger partial charge in [0.05, 0.1) is 16.6 Å². The molecule has 0 aliphatic rings. The summed E-state index contributed by atoms with van der Waals surface area (Å²) in [7, 11) is 0. The predicted molar refractivity (Wildman–Crippen MR) is 93.2 cm³/mol. The lowest BCUT2D eigenvalue weighted by molar-refractivity contribution is -0.121. The molecule has 1 aromatic heterocycles. The van der Waals surface area contributed by atoms with Gasteiger partial charge < -0.3 is 15.0 Å². The van der Waals surface area contributed by atoms with E-state index in [0.29, 0.717) is 30.8 Å². The lowest BCUT2D eigenvalue weighted by Crippen LogP contribution is -2.26. The molecule has 0 saturated heterocycles. The van der Waals surface area contributed by atoms with Crippen molar-refractivity contribution in [2.24, 2.45) is 5.92 Å². The van der Waals surface area contributed by atoms with Crippen LogP contribution in [0.3, 0.4) is 0 Å². The van der Waals surface area contributed by atoms with Crippen LogP contribution in [-0.2, 0) is 17.8 Å². The number of rotatable bonds is 8. The minimum absolute atomic E-state index is 0.0529. The van der Waals surface area contributed by atoms with Crippen LogP contribution in [0.15, 0.2) is 18.2 Å². The molecule has 1 amide bonds. The molecule has 2 rings (SSSR count). The van der Waals surface area contributed by atoms with Crippen molar-refractivity contribution < 1.29 is 14.7 Å². The second-order valence-electron chi connectivity index (χ2n) is 6.39. The van der Waals surface area contributed by atoms with Gasteiger partial charge in [-0.25, -0.2) is 9.78 Å². The molecule has 0 radical (unpaired) electrons. The first kappa shape index (κ1) is 18.0. The van der Waals surface area contributed by atoms with Gasteiger partial charge >= 0.3 is 5.97 Å². The van der Waals surface area contributed by atoms with Crippen molar-refractivity contribution in [1.29, 1.82) is 0 Å². The molecule has 0 bridgehead atoms. The summed E-state index contributed by atoms with van der Waals surface area (Å²) in [5.74, 6) is 0.411. The first-order chi connectivity index (χ1) is 11.4. The highest BCUT2D eigenvalue weighted by Crippen LogP contribution is 2.20. The maximum absolute atomic E-state index is 11.6. The van der Waals surface area contributed by atoms with Crippen LogP contribution < -0.4 is 5.32 Å². The number of nitrogens with zero attached hydrogens (tertiary/aromatic N) is 2. The summed E-state index contributed by atoms with van der Waals surface area (Å²) in [5, 5.41) is 12.0. The van der Waals surface area contributed by atoms with E-state index in [4.69, 9.17) is 5.11 Å². The van der Waals surface area contributed by atoms with Crippen molar-refractivity contribution in [3.8, 4) is 0 Å². The molecule has 0 saturated carbocycles. The first-order valence-electron chi connectivity index (χ1n) is 8.41. The van der Waals surface area contributed by atoms with Crippen molar-refractivity contribution >= 4 is 22.9 Å². The zero-order chi connectivity index (χ0) is 17.7. The fraction of sp³-hybridized carbons (Fsp3) is 0.500. The van der Waals surface area contributed by atoms with Crippen LogP contribution >= 0.6 is 0 Å². The number of hydrogen-bond acceptors (Lipinski definition) is 3. The van der Waals surface area contributed by atoms with E-state index in [0.717, 1.165) is 24.3 Å². The second-order valence-corrected chi connectivity index (χ2v) is 6.39. The Kier molecular flexibility index (Phi) is 5.95. The smallest absolute Gasteiger partial charge is 0.335 e. The van der Waals surface area contributed by atoms with Crippen LogP contribution in [0.5, 0.6) is 0 Å². The van der Waals surface area contributed by atoms with Crippen LogP contribution in [0.4, 0.5) is 0 Å². The van der Waals surface area contributed by atoms with Gasteiger partial charge in [-0.3, -0.25) is 4.79 Å². The topological polar surface area (TPSA) is 84.2 Å². The van der Waals surface area contributed by atoms with Gasteiger partial charge in [-0.1, -0.05) is 20.8 Å². The van der Waals surface area contributed by atoms with E-state index < -0.39 is 5.97 Å². The number of imidazole rings is 1. The summed E-state index contributed by atoms with van der Waals surface area (Å²) in [4.78, 5) is 27.3. The fourth-order valence-electron chi connectivity index (χ4n) is 2.70. The highest BCUT2D eigenvalue weighted by Gasteiger charge is 2.14. The molecule has 0 spiro atoms. The lowest BCUT2D eigenvalue weighted by Gasteiger charge is -2.12. The largest absolute Gasteiger partial charge is 0.478 e. The van der Waals surface area contributed by atoms with Gasteiger partial charge in [0.2, 0.25) is 5.91 Å². The average molecular weight is 331 g/mol. The van der Waals surface area contributed by atoms with Gasteiger partial charge in [0.25, 0.3) is 0 Å². The molecule has 0 aliphatic carbocycles. The van der Waals surface area contributed by atoms with E-state index in [1.54, 1.807) is 12.1 Å².